The highest BCUT2D eigenvalue weighted by atomic mass is 35.5. The number of nitrogens with one attached hydrogen (secondary N) is 1. The Bertz CT molecular complexity index is 678. The van der Waals surface area contributed by atoms with E-state index in [0.29, 0.717) is 16.3 Å². The molecule has 108 valence electrons. The Morgan fingerprint density at radius 2 is 2.14 bits per heavy atom. The van der Waals surface area contributed by atoms with Crippen molar-refractivity contribution in [3.63, 3.8) is 0 Å². The number of fused-ring (bicyclic) bond motifs is 1. The number of nitrogens with zero attached hydrogens (tertiary/aromatic N) is 1. The maximum Gasteiger partial charge on any atom is 0.257 e. The number of hydrogen-bond donors (Lipinski definition) is 2. The summed E-state index contributed by atoms with van der Waals surface area (Å²) < 4.78 is 0. The highest BCUT2D eigenvalue weighted by Crippen LogP contribution is 2.38. The number of aromatic nitrogens is 1. The van der Waals surface area contributed by atoms with Crippen LogP contribution in [0.25, 0.3) is 0 Å². The summed E-state index contributed by atoms with van der Waals surface area (Å²) in [6.07, 6.45) is 4.18. The van der Waals surface area contributed by atoms with E-state index in [1.54, 1.807) is 36.3 Å². The molecule has 0 saturated heterocycles. The molecule has 3 rings (SSSR count). The summed E-state index contributed by atoms with van der Waals surface area (Å²) in [5.41, 5.74) is 8.26. The number of anilines is 1. The van der Waals surface area contributed by atoms with Crippen molar-refractivity contribution in [2.45, 2.75) is 17.4 Å². The molecule has 1 aliphatic heterocycles. The molecule has 0 fully saturated rings. The third-order valence-corrected chi connectivity index (χ3v) is 4.79. The number of benzene rings is 1. The zero-order valence-corrected chi connectivity index (χ0v) is 12.7. The molecule has 21 heavy (non-hydrogen) atoms. The molecule has 2 heterocycles. The standard InChI is InChI=1S/C15H14ClN3OS/c16-12-7-11-13(17)3-6-21-14(11)8-10(12)15(20)19-9-1-4-18-5-2-9/h1-2,4-5,7-8,13H,3,6,17H2,(H,18,19,20)/t13-/m0/s1. The minimum atomic E-state index is -0.228. The molecule has 0 bridgehead atoms. The zero-order valence-electron chi connectivity index (χ0n) is 11.2. The van der Waals surface area contributed by atoms with Crippen LogP contribution in [-0.4, -0.2) is 16.6 Å². The maximum atomic E-state index is 12.3. The van der Waals surface area contributed by atoms with Gasteiger partial charge in [-0.3, -0.25) is 9.78 Å². The molecule has 0 spiro atoms. The van der Waals surface area contributed by atoms with Crippen LogP contribution in [0.2, 0.25) is 5.02 Å². The molecule has 1 atom stereocenters. The van der Waals surface area contributed by atoms with Crippen molar-refractivity contribution in [3.8, 4) is 0 Å². The first-order chi connectivity index (χ1) is 10.1. The van der Waals surface area contributed by atoms with Crippen molar-refractivity contribution < 1.29 is 4.79 Å². The van der Waals surface area contributed by atoms with Gasteiger partial charge in [0.1, 0.15) is 0 Å². The van der Waals surface area contributed by atoms with Crippen molar-refractivity contribution in [2.24, 2.45) is 5.73 Å². The Morgan fingerprint density at radius 3 is 2.90 bits per heavy atom. The molecule has 3 N–H and O–H groups in total. The average Bonchev–Trinajstić information content (AvgIpc) is 2.48. The molecule has 1 aliphatic rings. The van der Waals surface area contributed by atoms with Crippen molar-refractivity contribution in [2.75, 3.05) is 11.1 Å². The number of nitrogens with two attached hydrogens (primary N) is 1. The Kier molecular flexibility index (Phi) is 4.14. The first kappa shape index (κ1) is 14.4. The quantitative estimate of drug-likeness (QED) is 0.889. The molecule has 6 heteroatoms. The first-order valence-electron chi connectivity index (χ1n) is 6.58. The average molecular weight is 320 g/mol. The van der Waals surface area contributed by atoms with Crippen LogP contribution in [0.3, 0.4) is 0 Å². The van der Waals surface area contributed by atoms with E-state index in [-0.39, 0.29) is 11.9 Å². The zero-order chi connectivity index (χ0) is 14.8. The maximum absolute atomic E-state index is 12.3. The molecule has 0 radical (unpaired) electrons. The SMILES string of the molecule is N[C@H]1CCSc2cc(C(=O)Nc3ccncc3)c(Cl)cc21. The van der Waals surface area contributed by atoms with Crippen LogP contribution in [0.5, 0.6) is 0 Å². The number of thioether (sulfide) groups is 1. The highest BCUT2D eigenvalue weighted by Gasteiger charge is 2.21. The van der Waals surface area contributed by atoms with Gasteiger partial charge in [0.05, 0.1) is 10.6 Å². The van der Waals surface area contributed by atoms with Crippen molar-refractivity contribution in [3.05, 3.63) is 52.8 Å². The van der Waals surface area contributed by atoms with Crippen LogP contribution in [0.4, 0.5) is 5.69 Å². The van der Waals surface area contributed by atoms with E-state index in [2.05, 4.69) is 10.3 Å². The van der Waals surface area contributed by atoms with Crippen LogP contribution in [0, 0.1) is 0 Å². The van der Waals surface area contributed by atoms with Gasteiger partial charge in [-0.15, -0.1) is 11.8 Å². The number of carbonyl (C=O) groups is 1. The second-order valence-electron chi connectivity index (χ2n) is 4.80. The first-order valence-corrected chi connectivity index (χ1v) is 7.94. The number of amides is 1. The van der Waals surface area contributed by atoms with Gasteiger partial charge in [0.2, 0.25) is 0 Å². The Labute approximate surface area is 132 Å². The van der Waals surface area contributed by atoms with Crippen LogP contribution in [-0.2, 0) is 0 Å². The molecule has 1 aromatic carbocycles. The summed E-state index contributed by atoms with van der Waals surface area (Å²) in [5.74, 6) is 0.732. The van der Waals surface area contributed by atoms with Crippen LogP contribution >= 0.6 is 23.4 Å². The van der Waals surface area contributed by atoms with Gasteiger partial charge in [-0.05, 0) is 42.0 Å². The molecule has 2 aromatic rings. The van der Waals surface area contributed by atoms with Gasteiger partial charge < -0.3 is 11.1 Å². The minimum Gasteiger partial charge on any atom is -0.324 e. The fourth-order valence-corrected chi connectivity index (χ4v) is 3.67. The number of carbonyl (C=O) groups excluding carboxylic acids is 1. The van der Waals surface area contributed by atoms with Gasteiger partial charge in [0, 0.05) is 29.0 Å². The number of rotatable bonds is 2. The topological polar surface area (TPSA) is 68.0 Å². The lowest BCUT2D eigenvalue weighted by molar-refractivity contribution is 0.102. The van der Waals surface area contributed by atoms with E-state index < -0.39 is 0 Å². The Balaban J connectivity index is 1.90. The van der Waals surface area contributed by atoms with E-state index in [1.165, 1.54) is 0 Å². The lowest BCUT2D eigenvalue weighted by Crippen LogP contribution is -2.18. The van der Waals surface area contributed by atoms with Crippen LogP contribution < -0.4 is 11.1 Å². The fourth-order valence-electron chi connectivity index (χ4n) is 2.24. The lowest BCUT2D eigenvalue weighted by Gasteiger charge is -2.22. The number of hydrogen-bond acceptors (Lipinski definition) is 4. The molecule has 0 aliphatic carbocycles. The van der Waals surface area contributed by atoms with E-state index in [9.17, 15) is 4.79 Å². The summed E-state index contributed by atoms with van der Waals surface area (Å²) in [4.78, 5) is 17.3. The summed E-state index contributed by atoms with van der Waals surface area (Å²) in [7, 11) is 0. The van der Waals surface area contributed by atoms with Crippen LogP contribution in [0.1, 0.15) is 28.4 Å². The van der Waals surface area contributed by atoms with Crippen LogP contribution in [0.15, 0.2) is 41.6 Å². The number of pyridine rings is 1. The van der Waals surface area contributed by atoms with Crippen molar-refractivity contribution >= 4 is 35.0 Å². The number of halogens is 1. The molecular formula is C15H14ClN3OS. The molecule has 4 nitrogen and oxygen atoms in total. The smallest absolute Gasteiger partial charge is 0.257 e. The van der Waals surface area contributed by atoms with E-state index in [1.807, 2.05) is 12.1 Å². The largest absolute Gasteiger partial charge is 0.324 e. The second-order valence-corrected chi connectivity index (χ2v) is 6.35. The van der Waals surface area contributed by atoms with Crippen molar-refractivity contribution in [1.82, 2.24) is 4.98 Å². The molecule has 0 unspecified atom stereocenters. The Hall–Kier alpha value is -1.56. The van der Waals surface area contributed by atoms with E-state index in [0.717, 1.165) is 22.6 Å². The van der Waals surface area contributed by atoms with Gasteiger partial charge in [0.15, 0.2) is 0 Å². The van der Waals surface area contributed by atoms with Gasteiger partial charge >= 0.3 is 0 Å². The van der Waals surface area contributed by atoms with Gasteiger partial charge in [-0.2, -0.15) is 0 Å². The van der Waals surface area contributed by atoms with E-state index in [4.69, 9.17) is 17.3 Å². The summed E-state index contributed by atoms with van der Waals surface area (Å²) in [5, 5.41) is 3.24. The van der Waals surface area contributed by atoms with Gasteiger partial charge in [-0.1, -0.05) is 11.6 Å². The second kappa shape index (κ2) is 6.05. The third-order valence-electron chi connectivity index (χ3n) is 3.37. The summed E-state index contributed by atoms with van der Waals surface area (Å²) in [6, 6.07) is 7.10. The summed E-state index contributed by atoms with van der Waals surface area (Å²) in [6.45, 7) is 0. The highest BCUT2D eigenvalue weighted by molar-refractivity contribution is 7.99. The Morgan fingerprint density at radius 1 is 1.38 bits per heavy atom. The predicted molar refractivity (Wildman–Crippen MR) is 85.9 cm³/mol. The molecule has 1 amide bonds. The molecular weight excluding hydrogens is 306 g/mol. The summed E-state index contributed by atoms with van der Waals surface area (Å²) >= 11 is 7.96. The normalized spacial score (nSPS) is 17.1. The van der Waals surface area contributed by atoms with E-state index >= 15 is 0 Å². The minimum absolute atomic E-state index is 0.00365. The molecule has 0 saturated carbocycles. The monoisotopic (exact) mass is 319 g/mol. The lowest BCUT2D eigenvalue weighted by atomic mass is 10.0. The fraction of sp³-hybridized carbons (Fsp3) is 0.200. The predicted octanol–water partition coefficient (Wildman–Crippen LogP) is 3.48. The van der Waals surface area contributed by atoms with Gasteiger partial charge in [-0.25, -0.2) is 0 Å². The van der Waals surface area contributed by atoms with Crippen molar-refractivity contribution in [1.29, 1.82) is 0 Å². The molecule has 1 aromatic heterocycles. The third kappa shape index (κ3) is 3.05. The van der Waals surface area contributed by atoms with Gasteiger partial charge in [0.25, 0.3) is 5.91 Å².